The van der Waals surface area contributed by atoms with Gasteiger partial charge in [0.1, 0.15) is 17.3 Å². The van der Waals surface area contributed by atoms with Gasteiger partial charge in [-0.05, 0) is 84.5 Å². The van der Waals surface area contributed by atoms with E-state index in [0.29, 0.717) is 23.3 Å². The summed E-state index contributed by atoms with van der Waals surface area (Å²) in [5, 5.41) is 27.3. The van der Waals surface area contributed by atoms with Crippen molar-refractivity contribution >= 4 is 32.5 Å². The van der Waals surface area contributed by atoms with Crippen LogP contribution in [-0.4, -0.2) is 83.1 Å². The van der Waals surface area contributed by atoms with Crippen molar-refractivity contribution in [3.05, 3.63) is 131 Å². The van der Waals surface area contributed by atoms with Crippen molar-refractivity contribution in [1.82, 2.24) is 25.1 Å². The molecule has 2 aliphatic rings. The number of ether oxygens (including phenoxy) is 1. The molecule has 13 nitrogen and oxygen atoms in total. The van der Waals surface area contributed by atoms with Crippen molar-refractivity contribution < 1.29 is 28.2 Å². The van der Waals surface area contributed by atoms with Crippen LogP contribution >= 0.6 is 0 Å². The number of benzene rings is 3. The number of phenolic OH excluding ortho intramolecular Hbond substituents is 1. The van der Waals surface area contributed by atoms with E-state index >= 15 is 0 Å². The maximum absolute atomic E-state index is 13.7. The third-order valence-electron chi connectivity index (χ3n) is 11.4. The van der Waals surface area contributed by atoms with E-state index in [1.165, 1.54) is 68.7 Å². The lowest BCUT2D eigenvalue weighted by Gasteiger charge is -2.43. The second kappa shape index (κ2) is 19.1. The first-order valence-electron chi connectivity index (χ1n) is 20.3. The summed E-state index contributed by atoms with van der Waals surface area (Å²) in [6.45, 7) is 6.97. The average Bonchev–Trinajstić information content (AvgIpc) is 3.25. The molecule has 0 bridgehead atoms. The number of aromatic nitrogens is 2. The van der Waals surface area contributed by atoms with E-state index < -0.39 is 21.8 Å². The van der Waals surface area contributed by atoms with E-state index in [0.717, 1.165) is 49.8 Å². The van der Waals surface area contributed by atoms with Gasteiger partial charge in [-0.25, -0.2) is 13.4 Å². The fourth-order valence-corrected chi connectivity index (χ4v) is 9.54. The molecule has 0 spiro atoms. The Kier molecular flexibility index (Phi) is 13.5. The molecule has 14 heteroatoms. The molecular weight excluding hydrogens is 769 g/mol. The molecule has 2 atom stereocenters. The van der Waals surface area contributed by atoms with E-state index in [9.17, 15) is 28.2 Å². The van der Waals surface area contributed by atoms with Crippen molar-refractivity contribution in [2.75, 3.05) is 38.0 Å². The van der Waals surface area contributed by atoms with Crippen molar-refractivity contribution in [1.29, 1.82) is 0 Å². The van der Waals surface area contributed by atoms with Crippen LogP contribution in [0.25, 0.3) is 10.9 Å². The van der Waals surface area contributed by atoms with E-state index in [1.807, 2.05) is 12.1 Å². The van der Waals surface area contributed by atoms with Crippen LogP contribution in [0.1, 0.15) is 74.3 Å². The molecule has 5 N–H and O–H groups in total. The number of carbonyl (C=O) groups excluding carboxylic acids is 1. The maximum atomic E-state index is 13.7. The Bertz CT molecular complexity index is 2410. The highest BCUT2D eigenvalue weighted by molar-refractivity contribution is 7.91. The number of anilines is 1. The Hall–Kier alpha value is -5.38. The van der Waals surface area contributed by atoms with Crippen LogP contribution in [0, 0.1) is 0 Å². The van der Waals surface area contributed by atoms with E-state index in [1.54, 1.807) is 54.7 Å². The second-order valence-electron chi connectivity index (χ2n) is 15.2. The van der Waals surface area contributed by atoms with Crippen LogP contribution in [0.5, 0.6) is 11.5 Å². The Morgan fingerprint density at radius 2 is 1.75 bits per heavy atom. The average molecular weight is 821 g/mol. The number of amides is 1. The number of sulfone groups is 1. The van der Waals surface area contributed by atoms with Crippen LogP contribution in [0.2, 0.25) is 0 Å². The van der Waals surface area contributed by atoms with Gasteiger partial charge in [-0.3, -0.25) is 19.4 Å². The molecule has 3 heterocycles. The topological polar surface area (TPSA) is 177 Å². The molecule has 2 fully saturated rings. The van der Waals surface area contributed by atoms with Gasteiger partial charge in [-0.1, -0.05) is 56.5 Å². The van der Waals surface area contributed by atoms with Gasteiger partial charge in [0.2, 0.25) is 15.4 Å². The molecule has 1 saturated carbocycles. The second-order valence-corrected chi connectivity index (χ2v) is 17.2. The SMILES string of the molecule is CC[C@@H](c1ccc(S(=O)(=O)c2cccc(OC=CC(=O)Nc3ccc(CNC[C@H](O)c4ccc(O)c5[nH]c(=O)ccc45)cn3)c2)cc1)N1CCN(C2CCCCC2)CC1. The standard InChI is InChI=1S/C45H52N6O7S/c1-2-39(51-24-22-50(23-25-51)33-7-4-3-5-8-33)32-12-14-35(15-13-32)59(56,57)36-10-6-9-34(27-36)58-26-21-44(55)48-42-19-11-31(29-47-42)28-46-30-41(53)37-16-18-40(52)45-38(37)17-20-43(54)49-45/h6,9-21,26-27,29,33,39,41,46,52-53H,2-5,7-8,22-25,28,30H2,1H3,(H,49,54)(H,47,48,55)/t39-,41-/m0/s1. The van der Waals surface area contributed by atoms with Gasteiger partial charge in [-0.2, -0.15) is 0 Å². The van der Waals surface area contributed by atoms with Gasteiger partial charge in [0.15, 0.2) is 0 Å². The summed E-state index contributed by atoms with van der Waals surface area (Å²) in [5.41, 5.74) is 2.40. The Labute approximate surface area is 344 Å². The van der Waals surface area contributed by atoms with Crippen LogP contribution in [0.15, 0.2) is 118 Å². The number of hydrogen-bond acceptors (Lipinski definition) is 11. The molecule has 1 aliphatic carbocycles. The zero-order valence-corrected chi connectivity index (χ0v) is 34.0. The molecule has 1 saturated heterocycles. The van der Waals surface area contributed by atoms with Gasteiger partial charge >= 0.3 is 0 Å². The number of hydrogen-bond donors (Lipinski definition) is 5. The number of rotatable bonds is 15. The minimum absolute atomic E-state index is 0.0769. The van der Waals surface area contributed by atoms with Gasteiger partial charge < -0.3 is 30.6 Å². The molecule has 310 valence electrons. The Balaban J connectivity index is 0.876. The summed E-state index contributed by atoms with van der Waals surface area (Å²) < 4.78 is 32.9. The van der Waals surface area contributed by atoms with E-state index in [2.05, 4.69) is 37.3 Å². The van der Waals surface area contributed by atoms with E-state index in [4.69, 9.17) is 4.74 Å². The highest BCUT2D eigenvalue weighted by Gasteiger charge is 2.29. The molecule has 5 aromatic rings. The number of pyridine rings is 2. The van der Waals surface area contributed by atoms with Crippen LogP contribution < -0.4 is 20.9 Å². The lowest BCUT2D eigenvalue weighted by Crippen LogP contribution is -2.51. The first-order chi connectivity index (χ1) is 28.6. The third kappa shape index (κ3) is 10.3. The number of piperazine rings is 1. The van der Waals surface area contributed by atoms with Crippen LogP contribution in [0.4, 0.5) is 5.82 Å². The van der Waals surface area contributed by atoms with Gasteiger partial charge in [0.25, 0.3) is 5.91 Å². The zero-order chi connectivity index (χ0) is 41.4. The summed E-state index contributed by atoms with van der Waals surface area (Å²) in [4.78, 5) is 36.7. The van der Waals surface area contributed by atoms with E-state index in [-0.39, 0.29) is 45.0 Å². The first kappa shape index (κ1) is 41.8. The first-order valence-corrected chi connectivity index (χ1v) is 21.8. The molecule has 59 heavy (non-hydrogen) atoms. The molecule has 7 rings (SSSR count). The van der Waals surface area contributed by atoms with Gasteiger partial charge in [-0.15, -0.1) is 0 Å². The fourth-order valence-electron chi connectivity index (χ4n) is 8.24. The minimum atomic E-state index is -3.82. The third-order valence-corrected chi connectivity index (χ3v) is 13.2. The largest absolute Gasteiger partial charge is 0.506 e. The zero-order valence-electron chi connectivity index (χ0n) is 33.2. The maximum Gasteiger partial charge on any atom is 0.252 e. The molecule has 1 amide bonds. The number of nitrogens with one attached hydrogen (secondary N) is 3. The van der Waals surface area contributed by atoms with Crippen molar-refractivity contribution in [3.8, 4) is 11.5 Å². The highest BCUT2D eigenvalue weighted by Crippen LogP contribution is 2.32. The molecule has 1 aliphatic heterocycles. The quantitative estimate of drug-likeness (QED) is 0.0599. The number of nitrogens with zero attached hydrogens (tertiary/aromatic N) is 3. The number of phenols is 1. The van der Waals surface area contributed by atoms with Crippen molar-refractivity contribution in [2.45, 2.75) is 80.0 Å². The Morgan fingerprint density at radius 1 is 0.966 bits per heavy atom. The lowest BCUT2D eigenvalue weighted by molar-refractivity contribution is -0.112. The van der Waals surface area contributed by atoms with Crippen molar-refractivity contribution in [3.63, 3.8) is 0 Å². The molecule has 0 unspecified atom stereocenters. The monoisotopic (exact) mass is 820 g/mol. The van der Waals surface area contributed by atoms with Crippen molar-refractivity contribution in [2.24, 2.45) is 0 Å². The van der Waals surface area contributed by atoms with Crippen LogP contribution in [-0.2, 0) is 21.2 Å². The number of fused-ring (bicyclic) bond motifs is 1. The van der Waals surface area contributed by atoms with Gasteiger partial charge in [0, 0.05) is 75.1 Å². The normalized spacial score (nSPS) is 16.9. The molecule has 3 aromatic carbocycles. The number of aliphatic hydroxyl groups is 1. The summed E-state index contributed by atoms with van der Waals surface area (Å²) in [7, 11) is -3.82. The lowest BCUT2D eigenvalue weighted by atomic mass is 9.93. The highest BCUT2D eigenvalue weighted by atomic mass is 32.2. The summed E-state index contributed by atoms with van der Waals surface area (Å²) in [5.74, 6) is 0.00891. The van der Waals surface area contributed by atoms with Gasteiger partial charge in [0.05, 0.1) is 27.7 Å². The number of carbonyl (C=O) groups is 1. The van der Waals surface area contributed by atoms with Crippen LogP contribution in [0.3, 0.4) is 0 Å². The predicted octanol–water partition coefficient (Wildman–Crippen LogP) is 6.22. The minimum Gasteiger partial charge on any atom is -0.506 e. The predicted molar refractivity (Wildman–Crippen MR) is 227 cm³/mol. The molecule has 0 radical (unpaired) electrons. The Morgan fingerprint density at radius 3 is 2.47 bits per heavy atom. The number of aromatic hydroxyl groups is 1. The smallest absolute Gasteiger partial charge is 0.252 e. The summed E-state index contributed by atoms with van der Waals surface area (Å²) >= 11 is 0. The molecule has 2 aromatic heterocycles. The summed E-state index contributed by atoms with van der Waals surface area (Å²) in [6.07, 6.45) is 10.7. The fraction of sp³-hybridized carbons (Fsp3) is 0.356. The number of aliphatic hydroxyl groups excluding tert-OH is 1. The molecular formula is C45H52N6O7S. The number of aromatic amines is 1. The number of H-pyrrole nitrogens is 1. The summed E-state index contributed by atoms with van der Waals surface area (Å²) in [6, 6.07) is 23.8.